The third-order valence-corrected chi connectivity index (χ3v) is 2.26. The average molecular weight is 239 g/mol. The first-order valence-electron chi connectivity index (χ1n) is 5.84. The van der Waals surface area contributed by atoms with Gasteiger partial charge in [0.2, 0.25) is 0 Å². The van der Waals surface area contributed by atoms with Gasteiger partial charge in [-0.1, -0.05) is 0 Å². The largest absolute Gasteiger partial charge is 0.490 e. The first-order valence-corrected chi connectivity index (χ1v) is 5.84. The highest BCUT2D eigenvalue weighted by atomic mass is 16.5. The van der Waals surface area contributed by atoms with Crippen LogP contribution in [-0.2, 0) is 4.74 Å². The number of rotatable bonds is 8. The number of ether oxygens (including phenoxy) is 2. The molecule has 0 saturated heterocycles. The summed E-state index contributed by atoms with van der Waals surface area (Å²) in [5.41, 5.74) is 5.83. The Labute approximate surface area is 102 Å². The molecule has 1 aromatic heterocycles. The second kappa shape index (κ2) is 7.86. The van der Waals surface area contributed by atoms with Crippen LogP contribution in [0.25, 0.3) is 0 Å². The number of anilines is 1. The Morgan fingerprint density at radius 2 is 2.35 bits per heavy atom. The molecule has 0 radical (unpaired) electrons. The molecule has 96 valence electrons. The van der Waals surface area contributed by atoms with Gasteiger partial charge >= 0.3 is 0 Å². The Hall–Kier alpha value is -1.33. The molecule has 1 heterocycles. The molecule has 1 atom stereocenters. The van der Waals surface area contributed by atoms with Crippen LogP contribution in [0.4, 0.5) is 5.82 Å². The third kappa shape index (κ3) is 5.01. The van der Waals surface area contributed by atoms with Gasteiger partial charge in [-0.3, -0.25) is 0 Å². The van der Waals surface area contributed by atoms with E-state index in [0.717, 1.165) is 24.5 Å². The summed E-state index contributed by atoms with van der Waals surface area (Å²) in [5.74, 6) is 1.54. The molecule has 0 saturated carbocycles. The molecule has 0 aromatic carbocycles. The van der Waals surface area contributed by atoms with Crippen LogP contribution in [0, 0.1) is 0 Å². The van der Waals surface area contributed by atoms with Crippen molar-refractivity contribution in [1.82, 2.24) is 4.98 Å². The predicted molar refractivity (Wildman–Crippen MR) is 68.4 cm³/mol. The zero-order chi connectivity index (χ0) is 12.5. The lowest BCUT2D eigenvalue weighted by molar-refractivity contribution is 0.178. The molecule has 5 nitrogen and oxygen atoms in total. The number of hydrogen-bond donors (Lipinski definition) is 2. The quantitative estimate of drug-likeness (QED) is 0.714. The van der Waals surface area contributed by atoms with Crippen molar-refractivity contribution in [3.63, 3.8) is 0 Å². The molecule has 5 heteroatoms. The summed E-state index contributed by atoms with van der Waals surface area (Å²) >= 11 is 0. The zero-order valence-corrected chi connectivity index (χ0v) is 10.5. The van der Waals surface area contributed by atoms with E-state index >= 15 is 0 Å². The van der Waals surface area contributed by atoms with Crippen molar-refractivity contribution in [2.24, 2.45) is 5.73 Å². The van der Waals surface area contributed by atoms with Crippen molar-refractivity contribution in [2.45, 2.75) is 19.4 Å². The van der Waals surface area contributed by atoms with Gasteiger partial charge in [-0.15, -0.1) is 0 Å². The van der Waals surface area contributed by atoms with Crippen molar-refractivity contribution in [1.29, 1.82) is 0 Å². The molecule has 0 fully saturated rings. The lowest BCUT2D eigenvalue weighted by atomic mass is 10.2. The highest BCUT2D eigenvalue weighted by Gasteiger charge is 2.05. The highest BCUT2D eigenvalue weighted by Crippen LogP contribution is 2.20. The smallest absolute Gasteiger partial charge is 0.168 e. The van der Waals surface area contributed by atoms with Crippen LogP contribution in [0.2, 0.25) is 0 Å². The van der Waals surface area contributed by atoms with Crippen LogP contribution in [0.3, 0.4) is 0 Å². The average Bonchev–Trinajstić information content (AvgIpc) is 2.32. The monoisotopic (exact) mass is 239 g/mol. The van der Waals surface area contributed by atoms with Gasteiger partial charge in [0.05, 0.1) is 13.2 Å². The second-order valence-corrected chi connectivity index (χ2v) is 3.71. The first-order chi connectivity index (χ1) is 8.27. The molecule has 1 rings (SSSR count). The second-order valence-electron chi connectivity index (χ2n) is 3.71. The summed E-state index contributed by atoms with van der Waals surface area (Å²) in [4.78, 5) is 4.23. The Bertz CT molecular complexity index is 320. The minimum Gasteiger partial charge on any atom is -0.490 e. The molecule has 0 aliphatic carbocycles. The van der Waals surface area contributed by atoms with Gasteiger partial charge in [0.15, 0.2) is 11.6 Å². The molecule has 0 spiro atoms. The molecule has 0 aliphatic heterocycles. The summed E-state index contributed by atoms with van der Waals surface area (Å²) in [6.07, 6.45) is 2.57. The number of hydrogen-bond acceptors (Lipinski definition) is 5. The number of nitrogens with zero attached hydrogens (tertiary/aromatic N) is 1. The van der Waals surface area contributed by atoms with Gasteiger partial charge in [0.1, 0.15) is 0 Å². The summed E-state index contributed by atoms with van der Waals surface area (Å²) < 4.78 is 10.4. The van der Waals surface area contributed by atoms with Gasteiger partial charge in [-0.2, -0.15) is 0 Å². The van der Waals surface area contributed by atoms with Gasteiger partial charge in [-0.05, 0) is 25.5 Å². The Kier molecular flexibility index (Phi) is 6.35. The van der Waals surface area contributed by atoms with E-state index < -0.39 is 0 Å². The normalized spacial score (nSPS) is 12.2. The van der Waals surface area contributed by atoms with Crippen molar-refractivity contribution in [2.75, 3.05) is 32.2 Å². The van der Waals surface area contributed by atoms with Crippen molar-refractivity contribution in [3.05, 3.63) is 18.3 Å². The van der Waals surface area contributed by atoms with Crippen LogP contribution in [-0.4, -0.2) is 37.9 Å². The predicted octanol–water partition coefficient (Wildman–Crippen LogP) is 1.26. The van der Waals surface area contributed by atoms with Gasteiger partial charge < -0.3 is 20.5 Å². The number of nitrogens with two attached hydrogens (primary N) is 1. The maximum absolute atomic E-state index is 5.83. The Balaban J connectivity index is 2.40. The van der Waals surface area contributed by atoms with Crippen molar-refractivity contribution in [3.8, 4) is 5.75 Å². The van der Waals surface area contributed by atoms with E-state index in [9.17, 15) is 0 Å². The first kappa shape index (κ1) is 13.7. The summed E-state index contributed by atoms with van der Waals surface area (Å²) in [5, 5.41) is 3.22. The fourth-order valence-electron chi connectivity index (χ4n) is 1.47. The SMILES string of the molecule is CCOc1cccnc1NCCC(N)COC. The van der Waals surface area contributed by atoms with Gasteiger partial charge in [0.25, 0.3) is 0 Å². The van der Waals surface area contributed by atoms with E-state index in [-0.39, 0.29) is 6.04 Å². The van der Waals surface area contributed by atoms with E-state index in [1.165, 1.54) is 0 Å². The molecule has 0 amide bonds. The molecule has 0 bridgehead atoms. The van der Waals surface area contributed by atoms with E-state index in [1.807, 2.05) is 19.1 Å². The fourth-order valence-corrected chi connectivity index (χ4v) is 1.47. The molecule has 0 aliphatic rings. The van der Waals surface area contributed by atoms with E-state index in [4.69, 9.17) is 15.2 Å². The van der Waals surface area contributed by atoms with E-state index in [2.05, 4.69) is 10.3 Å². The van der Waals surface area contributed by atoms with Gasteiger partial charge in [-0.25, -0.2) is 4.98 Å². The van der Waals surface area contributed by atoms with Crippen LogP contribution in [0.15, 0.2) is 18.3 Å². The summed E-state index contributed by atoms with van der Waals surface area (Å²) in [7, 11) is 1.65. The van der Waals surface area contributed by atoms with Gasteiger partial charge in [0, 0.05) is 25.9 Å². The van der Waals surface area contributed by atoms with Crippen LogP contribution >= 0.6 is 0 Å². The lowest BCUT2D eigenvalue weighted by Crippen LogP contribution is -2.28. The molecule has 3 N–H and O–H groups in total. The number of aromatic nitrogens is 1. The maximum Gasteiger partial charge on any atom is 0.168 e. The third-order valence-electron chi connectivity index (χ3n) is 2.26. The fraction of sp³-hybridized carbons (Fsp3) is 0.583. The molecular weight excluding hydrogens is 218 g/mol. The standard InChI is InChI=1S/C12H21N3O2/c1-3-17-11-5-4-7-14-12(11)15-8-6-10(13)9-16-2/h4-5,7,10H,3,6,8-9,13H2,1-2H3,(H,14,15). The number of methoxy groups -OCH3 is 1. The number of nitrogens with one attached hydrogen (secondary N) is 1. The van der Waals surface area contributed by atoms with Crippen LogP contribution in [0.5, 0.6) is 5.75 Å². The molecular formula is C12H21N3O2. The van der Waals surface area contributed by atoms with E-state index in [1.54, 1.807) is 13.3 Å². The summed E-state index contributed by atoms with van der Waals surface area (Å²) in [6.45, 7) is 3.90. The Morgan fingerprint density at radius 3 is 3.06 bits per heavy atom. The van der Waals surface area contributed by atoms with Crippen LogP contribution < -0.4 is 15.8 Å². The minimum atomic E-state index is 0.0479. The molecule has 17 heavy (non-hydrogen) atoms. The molecule has 1 unspecified atom stereocenters. The van der Waals surface area contributed by atoms with E-state index in [0.29, 0.717) is 13.2 Å². The lowest BCUT2D eigenvalue weighted by Gasteiger charge is -2.13. The molecule has 1 aromatic rings. The topological polar surface area (TPSA) is 69.4 Å². The maximum atomic E-state index is 5.83. The van der Waals surface area contributed by atoms with Crippen molar-refractivity contribution >= 4 is 5.82 Å². The van der Waals surface area contributed by atoms with Crippen molar-refractivity contribution < 1.29 is 9.47 Å². The minimum absolute atomic E-state index is 0.0479. The highest BCUT2D eigenvalue weighted by molar-refractivity contribution is 5.49. The van der Waals surface area contributed by atoms with Crippen LogP contribution in [0.1, 0.15) is 13.3 Å². The number of pyridine rings is 1. The summed E-state index contributed by atoms with van der Waals surface area (Å²) in [6, 6.07) is 3.80. The Morgan fingerprint density at radius 1 is 1.53 bits per heavy atom. The zero-order valence-electron chi connectivity index (χ0n) is 10.5.